The largest absolute Gasteiger partial charge is 0.352 e. The third-order valence-electron chi connectivity index (χ3n) is 2.99. The number of carbonyl (C=O) groups is 1. The molecule has 0 fully saturated rings. The molecular formula is C13H21NOS. The molecule has 3 heteroatoms. The van der Waals surface area contributed by atoms with Crippen LogP contribution in [-0.4, -0.2) is 12.5 Å². The van der Waals surface area contributed by atoms with Crippen LogP contribution >= 0.6 is 11.3 Å². The van der Waals surface area contributed by atoms with Crippen molar-refractivity contribution >= 4 is 17.2 Å². The minimum Gasteiger partial charge on any atom is -0.352 e. The van der Waals surface area contributed by atoms with Gasteiger partial charge in [-0.2, -0.15) is 0 Å². The van der Waals surface area contributed by atoms with Crippen molar-refractivity contribution in [1.82, 2.24) is 5.32 Å². The van der Waals surface area contributed by atoms with Gasteiger partial charge in [0.25, 0.3) is 5.91 Å². The summed E-state index contributed by atoms with van der Waals surface area (Å²) in [6.07, 6.45) is 2.25. The molecule has 0 aliphatic heterocycles. The normalized spacial score (nSPS) is 10.8. The van der Waals surface area contributed by atoms with Crippen molar-refractivity contribution in [2.75, 3.05) is 6.54 Å². The number of carbonyl (C=O) groups excluding carboxylic acids is 1. The predicted molar refractivity (Wildman–Crippen MR) is 70.2 cm³/mol. The zero-order chi connectivity index (χ0) is 12.1. The molecule has 16 heavy (non-hydrogen) atoms. The van der Waals surface area contributed by atoms with Crippen LogP contribution in [0.4, 0.5) is 0 Å². The van der Waals surface area contributed by atoms with E-state index in [1.807, 2.05) is 19.9 Å². The van der Waals surface area contributed by atoms with Gasteiger partial charge in [0, 0.05) is 16.3 Å². The molecule has 1 N–H and O–H groups in total. The Labute approximate surface area is 102 Å². The minimum atomic E-state index is 0.0775. The van der Waals surface area contributed by atoms with Crippen LogP contribution in [0.15, 0.2) is 6.07 Å². The van der Waals surface area contributed by atoms with E-state index in [4.69, 9.17) is 0 Å². The molecule has 1 heterocycles. The number of amides is 1. The first-order valence-electron chi connectivity index (χ1n) is 5.93. The third kappa shape index (κ3) is 3.34. The highest BCUT2D eigenvalue weighted by Crippen LogP contribution is 2.20. The fourth-order valence-electron chi connectivity index (χ4n) is 1.77. The summed E-state index contributed by atoms with van der Waals surface area (Å²) in [4.78, 5) is 14.2. The smallest absolute Gasteiger partial charge is 0.252 e. The Morgan fingerprint density at radius 1 is 1.38 bits per heavy atom. The molecule has 0 saturated carbocycles. The standard InChI is InChI=1S/C13H21NOS/c1-5-11(6-2)8-14-13(15)12-7-9(3)16-10(12)4/h7,11H,5-6,8H2,1-4H3,(H,14,15). The molecule has 0 unspecified atom stereocenters. The summed E-state index contributed by atoms with van der Waals surface area (Å²) in [6.45, 7) is 9.17. The molecule has 1 rings (SSSR count). The van der Waals surface area contributed by atoms with E-state index in [2.05, 4.69) is 19.2 Å². The molecule has 1 aromatic rings. The fraction of sp³-hybridized carbons (Fsp3) is 0.615. The van der Waals surface area contributed by atoms with E-state index in [0.717, 1.165) is 29.8 Å². The molecule has 0 aliphatic rings. The van der Waals surface area contributed by atoms with Crippen molar-refractivity contribution in [3.05, 3.63) is 21.4 Å². The summed E-state index contributed by atoms with van der Waals surface area (Å²) >= 11 is 1.68. The van der Waals surface area contributed by atoms with Crippen molar-refractivity contribution in [3.8, 4) is 0 Å². The van der Waals surface area contributed by atoms with Gasteiger partial charge >= 0.3 is 0 Å². The van der Waals surface area contributed by atoms with Crippen molar-refractivity contribution in [3.63, 3.8) is 0 Å². The van der Waals surface area contributed by atoms with Gasteiger partial charge in [0.2, 0.25) is 0 Å². The third-order valence-corrected chi connectivity index (χ3v) is 3.96. The summed E-state index contributed by atoms with van der Waals surface area (Å²) < 4.78 is 0. The van der Waals surface area contributed by atoms with Crippen LogP contribution in [0.3, 0.4) is 0 Å². The molecule has 90 valence electrons. The van der Waals surface area contributed by atoms with Crippen LogP contribution in [0.2, 0.25) is 0 Å². The fourth-order valence-corrected chi connectivity index (χ4v) is 2.69. The van der Waals surface area contributed by atoms with Crippen LogP contribution in [0.5, 0.6) is 0 Å². The maximum absolute atomic E-state index is 11.9. The second kappa shape index (κ2) is 6.04. The summed E-state index contributed by atoms with van der Waals surface area (Å²) in [5.74, 6) is 0.678. The summed E-state index contributed by atoms with van der Waals surface area (Å²) in [6, 6.07) is 1.97. The predicted octanol–water partition coefficient (Wildman–Crippen LogP) is 3.53. The molecule has 0 radical (unpaired) electrons. The monoisotopic (exact) mass is 239 g/mol. The van der Waals surface area contributed by atoms with E-state index in [1.165, 1.54) is 4.88 Å². The Morgan fingerprint density at radius 2 is 2.00 bits per heavy atom. The van der Waals surface area contributed by atoms with E-state index in [-0.39, 0.29) is 5.91 Å². The number of hydrogen-bond donors (Lipinski definition) is 1. The van der Waals surface area contributed by atoms with Crippen LogP contribution in [0.1, 0.15) is 46.8 Å². The van der Waals surface area contributed by atoms with Crippen molar-refractivity contribution in [2.24, 2.45) is 5.92 Å². The second-order valence-electron chi connectivity index (χ2n) is 4.22. The maximum Gasteiger partial charge on any atom is 0.252 e. The van der Waals surface area contributed by atoms with Gasteiger partial charge in [-0.3, -0.25) is 4.79 Å². The lowest BCUT2D eigenvalue weighted by Crippen LogP contribution is -2.29. The Morgan fingerprint density at radius 3 is 2.44 bits per heavy atom. The molecular weight excluding hydrogens is 218 g/mol. The van der Waals surface area contributed by atoms with Crippen LogP contribution in [0.25, 0.3) is 0 Å². The molecule has 1 amide bonds. The lowest BCUT2D eigenvalue weighted by molar-refractivity contribution is 0.0946. The van der Waals surface area contributed by atoms with Crippen LogP contribution < -0.4 is 5.32 Å². The average molecular weight is 239 g/mol. The van der Waals surface area contributed by atoms with Crippen LogP contribution in [-0.2, 0) is 0 Å². The first-order chi connectivity index (χ1) is 7.58. The Balaban J connectivity index is 2.56. The summed E-state index contributed by atoms with van der Waals surface area (Å²) in [5, 5.41) is 3.02. The van der Waals surface area contributed by atoms with E-state index in [1.54, 1.807) is 11.3 Å². The van der Waals surface area contributed by atoms with E-state index >= 15 is 0 Å². The molecule has 0 aliphatic carbocycles. The molecule has 0 spiro atoms. The van der Waals surface area contributed by atoms with Gasteiger partial charge in [0.05, 0.1) is 5.56 Å². The zero-order valence-corrected chi connectivity index (χ0v) is 11.4. The van der Waals surface area contributed by atoms with Crippen molar-refractivity contribution in [1.29, 1.82) is 0 Å². The minimum absolute atomic E-state index is 0.0775. The highest BCUT2D eigenvalue weighted by molar-refractivity contribution is 7.12. The van der Waals surface area contributed by atoms with E-state index in [9.17, 15) is 4.79 Å². The quantitative estimate of drug-likeness (QED) is 0.836. The van der Waals surface area contributed by atoms with Crippen molar-refractivity contribution in [2.45, 2.75) is 40.5 Å². The van der Waals surface area contributed by atoms with Crippen molar-refractivity contribution < 1.29 is 4.79 Å². The topological polar surface area (TPSA) is 29.1 Å². The van der Waals surface area contributed by atoms with Gasteiger partial charge in [-0.25, -0.2) is 0 Å². The van der Waals surface area contributed by atoms with E-state index in [0.29, 0.717) is 5.92 Å². The highest BCUT2D eigenvalue weighted by atomic mass is 32.1. The number of nitrogens with one attached hydrogen (secondary N) is 1. The maximum atomic E-state index is 11.9. The first-order valence-corrected chi connectivity index (χ1v) is 6.75. The molecule has 0 saturated heterocycles. The molecule has 0 atom stereocenters. The molecule has 0 bridgehead atoms. The van der Waals surface area contributed by atoms with Gasteiger partial charge < -0.3 is 5.32 Å². The average Bonchev–Trinajstić information content (AvgIpc) is 2.59. The Hall–Kier alpha value is -0.830. The number of hydrogen-bond acceptors (Lipinski definition) is 2. The van der Waals surface area contributed by atoms with E-state index < -0.39 is 0 Å². The zero-order valence-electron chi connectivity index (χ0n) is 10.6. The first kappa shape index (κ1) is 13.2. The summed E-state index contributed by atoms with van der Waals surface area (Å²) in [5.41, 5.74) is 0.841. The molecule has 1 aromatic heterocycles. The van der Waals surface area contributed by atoms with Gasteiger partial charge in [-0.1, -0.05) is 26.7 Å². The number of aryl methyl sites for hydroxylation is 2. The summed E-state index contributed by atoms with van der Waals surface area (Å²) in [7, 11) is 0. The van der Waals surface area contributed by atoms with Gasteiger partial charge in [-0.15, -0.1) is 11.3 Å². The molecule has 2 nitrogen and oxygen atoms in total. The SMILES string of the molecule is CCC(CC)CNC(=O)c1cc(C)sc1C. The highest BCUT2D eigenvalue weighted by Gasteiger charge is 2.12. The molecule has 0 aromatic carbocycles. The Kier molecular flexibility index (Phi) is 5.00. The lowest BCUT2D eigenvalue weighted by atomic mass is 10.0. The number of thiophene rings is 1. The van der Waals surface area contributed by atoms with Crippen LogP contribution in [0, 0.1) is 19.8 Å². The van der Waals surface area contributed by atoms with Gasteiger partial charge in [-0.05, 0) is 25.8 Å². The lowest BCUT2D eigenvalue weighted by Gasteiger charge is -2.12. The Bertz CT molecular complexity index is 353. The second-order valence-corrected chi connectivity index (χ2v) is 5.68. The van der Waals surface area contributed by atoms with Gasteiger partial charge in [0.1, 0.15) is 0 Å². The number of rotatable bonds is 5. The van der Waals surface area contributed by atoms with Gasteiger partial charge in [0.15, 0.2) is 0 Å².